The van der Waals surface area contributed by atoms with Crippen LogP contribution < -0.4 is 20.2 Å². The molecule has 7 nitrogen and oxygen atoms in total. The highest BCUT2D eigenvalue weighted by Gasteiger charge is 2.07. The van der Waals surface area contributed by atoms with Crippen molar-refractivity contribution >= 4 is 18.0 Å². The predicted molar refractivity (Wildman–Crippen MR) is 83.1 cm³/mol. The van der Waals surface area contributed by atoms with Crippen molar-refractivity contribution in [2.24, 2.45) is 5.10 Å². The van der Waals surface area contributed by atoms with Gasteiger partial charge in [0.2, 0.25) is 11.8 Å². The Kier molecular flexibility index (Phi) is 7.18. The van der Waals surface area contributed by atoms with Crippen molar-refractivity contribution in [3.63, 3.8) is 0 Å². The molecule has 0 saturated carbocycles. The number of carbonyl (C=O) groups excluding carboxylic acids is 2. The molecule has 22 heavy (non-hydrogen) atoms. The topological polar surface area (TPSA) is 89.0 Å². The van der Waals surface area contributed by atoms with E-state index < -0.39 is 11.8 Å². The van der Waals surface area contributed by atoms with Gasteiger partial charge in [-0.3, -0.25) is 9.59 Å². The van der Waals surface area contributed by atoms with Gasteiger partial charge in [0.25, 0.3) is 0 Å². The molecule has 2 N–H and O–H groups in total. The molecule has 0 heterocycles. The molecule has 0 bridgehead atoms. The number of methoxy groups -OCH3 is 2. The van der Waals surface area contributed by atoms with E-state index in [2.05, 4.69) is 22.4 Å². The van der Waals surface area contributed by atoms with Crippen molar-refractivity contribution in [1.29, 1.82) is 0 Å². The number of hydrogen-bond donors (Lipinski definition) is 2. The molecule has 1 aromatic carbocycles. The summed E-state index contributed by atoms with van der Waals surface area (Å²) < 4.78 is 10.3. The van der Waals surface area contributed by atoms with Crippen LogP contribution in [0.3, 0.4) is 0 Å². The van der Waals surface area contributed by atoms with Crippen LogP contribution >= 0.6 is 0 Å². The first-order chi connectivity index (χ1) is 10.6. The molecule has 118 valence electrons. The van der Waals surface area contributed by atoms with Crippen molar-refractivity contribution in [3.8, 4) is 11.5 Å². The van der Waals surface area contributed by atoms with Gasteiger partial charge < -0.3 is 14.8 Å². The summed E-state index contributed by atoms with van der Waals surface area (Å²) in [7, 11) is 3.08. The quantitative estimate of drug-likeness (QED) is 0.322. The summed E-state index contributed by atoms with van der Waals surface area (Å²) in [5, 5.41) is 6.30. The molecule has 0 aromatic heterocycles. The molecule has 7 heteroatoms. The number of ether oxygens (including phenoxy) is 2. The fourth-order valence-corrected chi connectivity index (χ4v) is 1.55. The number of amides is 2. The van der Waals surface area contributed by atoms with Crippen molar-refractivity contribution < 1.29 is 19.1 Å². The van der Waals surface area contributed by atoms with Gasteiger partial charge >= 0.3 is 0 Å². The molecular formula is C15H19N3O4. The highest BCUT2D eigenvalue weighted by atomic mass is 16.5. The smallest absolute Gasteiger partial charge is 0.249 e. The number of nitrogens with zero attached hydrogens (tertiary/aromatic N) is 1. The molecule has 0 aliphatic carbocycles. The predicted octanol–water partition coefficient (Wildman–Crippen LogP) is 0.846. The second-order valence-electron chi connectivity index (χ2n) is 4.17. The summed E-state index contributed by atoms with van der Waals surface area (Å²) in [5.74, 6) is 0.311. The Bertz CT molecular complexity index is 570. The summed E-state index contributed by atoms with van der Waals surface area (Å²) in [6, 6.07) is 5.19. The maximum absolute atomic E-state index is 11.5. The van der Waals surface area contributed by atoms with Crippen LogP contribution in [0.25, 0.3) is 0 Å². The van der Waals surface area contributed by atoms with Crippen LogP contribution in [0.4, 0.5) is 0 Å². The molecule has 0 atom stereocenters. The van der Waals surface area contributed by atoms with Crippen LogP contribution in [0, 0.1) is 0 Å². The lowest BCUT2D eigenvalue weighted by atomic mass is 10.2. The molecule has 0 aliphatic heterocycles. The summed E-state index contributed by atoms with van der Waals surface area (Å²) in [5.41, 5.74) is 2.91. The first kappa shape index (κ1) is 17.2. The third-order valence-electron chi connectivity index (χ3n) is 2.59. The van der Waals surface area contributed by atoms with Crippen LogP contribution in [-0.2, 0) is 9.59 Å². The zero-order chi connectivity index (χ0) is 16.4. The molecule has 2 amide bonds. The monoisotopic (exact) mass is 305 g/mol. The second-order valence-corrected chi connectivity index (χ2v) is 4.17. The number of rotatable bonds is 8. The molecule has 1 rings (SSSR count). The van der Waals surface area contributed by atoms with Crippen molar-refractivity contribution in [3.05, 3.63) is 36.4 Å². The fourth-order valence-electron chi connectivity index (χ4n) is 1.55. The average molecular weight is 305 g/mol. The van der Waals surface area contributed by atoms with Crippen LogP contribution in [0.5, 0.6) is 11.5 Å². The molecule has 0 saturated heterocycles. The van der Waals surface area contributed by atoms with E-state index in [-0.39, 0.29) is 6.42 Å². The Labute approximate surface area is 129 Å². The summed E-state index contributed by atoms with van der Waals surface area (Å²) in [6.45, 7) is 3.78. The molecular weight excluding hydrogens is 286 g/mol. The third-order valence-corrected chi connectivity index (χ3v) is 2.59. The van der Waals surface area contributed by atoms with Gasteiger partial charge in [-0.2, -0.15) is 5.10 Å². The van der Waals surface area contributed by atoms with Gasteiger partial charge in [0, 0.05) is 12.1 Å². The molecule has 0 fully saturated rings. The summed E-state index contributed by atoms with van der Waals surface area (Å²) >= 11 is 0. The lowest BCUT2D eigenvalue weighted by Gasteiger charge is -2.06. The highest BCUT2D eigenvalue weighted by Crippen LogP contribution is 2.22. The second kappa shape index (κ2) is 9.17. The van der Waals surface area contributed by atoms with Crippen molar-refractivity contribution in [2.75, 3.05) is 20.8 Å². The average Bonchev–Trinajstić information content (AvgIpc) is 2.52. The van der Waals surface area contributed by atoms with Crippen LogP contribution in [0.15, 0.2) is 36.0 Å². The third kappa shape index (κ3) is 5.66. The van der Waals surface area contributed by atoms with Gasteiger partial charge in [0.15, 0.2) is 0 Å². The van der Waals surface area contributed by atoms with E-state index in [0.717, 1.165) is 0 Å². The van der Waals surface area contributed by atoms with Crippen LogP contribution in [0.2, 0.25) is 0 Å². The van der Waals surface area contributed by atoms with E-state index in [1.165, 1.54) is 19.4 Å². The van der Waals surface area contributed by atoms with Gasteiger partial charge in [-0.25, -0.2) is 5.43 Å². The van der Waals surface area contributed by atoms with E-state index in [4.69, 9.17) is 9.47 Å². The zero-order valence-corrected chi connectivity index (χ0v) is 12.6. The summed E-state index contributed by atoms with van der Waals surface area (Å²) in [4.78, 5) is 22.8. The van der Waals surface area contributed by atoms with Gasteiger partial charge in [-0.15, -0.1) is 6.58 Å². The Morgan fingerprint density at radius 1 is 1.27 bits per heavy atom. The van der Waals surface area contributed by atoms with E-state index >= 15 is 0 Å². The number of carbonyl (C=O) groups is 2. The van der Waals surface area contributed by atoms with E-state index in [1.807, 2.05) is 0 Å². The van der Waals surface area contributed by atoms with Crippen molar-refractivity contribution in [1.82, 2.24) is 10.7 Å². The standard InChI is InChI=1S/C15H19N3O4/c1-4-7-16-14(19)9-15(20)18-17-10-11-8-12(21-2)5-6-13(11)22-3/h4-6,8,10H,1,7,9H2,2-3H3,(H,16,19)(H,18,20)/b17-10+. The first-order valence-corrected chi connectivity index (χ1v) is 6.52. The van der Waals surface area contributed by atoms with Gasteiger partial charge in [-0.1, -0.05) is 6.08 Å². The van der Waals surface area contributed by atoms with E-state index in [0.29, 0.717) is 23.6 Å². The highest BCUT2D eigenvalue weighted by molar-refractivity contribution is 5.97. The minimum Gasteiger partial charge on any atom is -0.497 e. The number of hydrogen-bond acceptors (Lipinski definition) is 5. The maximum Gasteiger partial charge on any atom is 0.249 e. The summed E-state index contributed by atoms with van der Waals surface area (Å²) in [6.07, 6.45) is 2.64. The molecule has 1 aromatic rings. The SMILES string of the molecule is C=CCNC(=O)CC(=O)N/N=C/c1cc(OC)ccc1OC. The Morgan fingerprint density at radius 2 is 2.05 bits per heavy atom. The van der Waals surface area contributed by atoms with Crippen molar-refractivity contribution in [2.45, 2.75) is 6.42 Å². The number of nitrogens with one attached hydrogen (secondary N) is 2. The van der Waals surface area contributed by atoms with E-state index in [1.54, 1.807) is 25.3 Å². The Morgan fingerprint density at radius 3 is 2.68 bits per heavy atom. The number of benzene rings is 1. The minimum absolute atomic E-state index is 0.305. The van der Waals surface area contributed by atoms with Crippen LogP contribution in [-0.4, -0.2) is 38.8 Å². The molecule has 0 aliphatic rings. The van der Waals surface area contributed by atoms with Crippen LogP contribution in [0.1, 0.15) is 12.0 Å². The van der Waals surface area contributed by atoms with E-state index in [9.17, 15) is 9.59 Å². The Hall–Kier alpha value is -2.83. The van der Waals surface area contributed by atoms with Gasteiger partial charge in [-0.05, 0) is 18.2 Å². The Balaban J connectivity index is 2.59. The molecule has 0 spiro atoms. The number of hydrazone groups is 1. The lowest BCUT2D eigenvalue weighted by molar-refractivity contribution is -0.129. The molecule has 0 radical (unpaired) electrons. The van der Waals surface area contributed by atoms with Gasteiger partial charge in [0.1, 0.15) is 17.9 Å². The van der Waals surface area contributed by atoms with Gasteiger partial charge in [0.05, 0.1) is 20.4 Å². The normalized spacial score (nSPS) is 10.1. The largest absolute Gasteiger partial charge is 0.497 e. The maximum atomic E-state index is 11.5. The first-order valence-electron chi connectivity index (χ1n) is 6.52. The minimum atomic E-state index is -0.514. The zero-order valence-electron chi connectivity index (χ0n) is 12.6. The molecule has 0 unspecified atom stereocenters. The lowest BCUT2D eigenvalue weighted by Crippen LogP contribution is -2.29. The fraction of sp³-hybridized carbons (Fsp3) is 0.267.